The molecule has 5 nitrogen and oxygen atoms in total. The number of amides is 1. The highest BCUT2D eigenvalue weighted by Crippen LogP contribution is 2.24. The van der Waals surface area contributed by atoms with Gasteiger partial charge in [0, 0.05) is 23.2 Å². The number of carbonyl (C=O) groups is 1. The Labute approximate surface area is 147 Å². The van der Waals surface area contributed by atoms with Crippen molar-refractivity contribution in [2.45, 2.75) is 33.1 Å². The molecule has 1 heterocycles. The van der Waals surface area contributed by atoms with E-state index in [0.29, 0.717) is 18.1 Å². The van der Waals surface area contributed by atoms with Crippen LogP contribution in [-0.4, -0.2) is 16.0 Å². The molecular weight excluding hydrogens is 314 g/mol. The predicted octanol–water partition coefficient (Wildman–Crippen LogP) is 4.84. The molecule has 1 amide bonds. The first kappa shape index (κ1) is 16.9. The van der Waals surface area contributed by atoms with Gasteiger partial charge in [0.1, 0.15) is 0 Å². The van der Waals surface area contributed by atoms with Crippen molar-refractivity contribution in [2.24, 2.45) is 0 Å². The maximum atomic E-state index is 11.9. The number of benzene rings is 2. The Bertz CT molecular complexity index is 871. The Balaban J connectivity index is 1.78. The average Bonchev–Trinajstić information content (AvgIpc) is 3.10. The lowest BCUT2D eigenvalue weighted by atomic mass is 10.1. The van der Waals surface area contributed by atoms with Crippen LogP contribution in [0.5, 0.6) is 0 Å². The van der Waals surface area contributed by atoms with Crippen LogP contribution in [0.15, 0.2) is 53.1 Å². The standard InChI is InChI=1S/C20H21N3O2/c1-3-4-11-18(24)21-17-10-6-9-16(13-17)20-22-19(23-25-20)15-8-5-7-14(2)12-15/h5-10,12-13H,3-4,11H2,1-2H3,(H,21,24). The van der Waals surface area contributed by atoms with Gasteiger partial charge in [-0.3, -0.25) is 4.79 Å². The fourth-order valence-corrected chi connectivity index (χ4v) is 2.53. The third-order valence-corrected chi connectivity index (χ3v) is 3.85. The van der Waals surface area contributed by atoms with Crippen LogP contribution in [0.25, 0.3) is 22.8 Å². The number of carbonyl (C=O) groups excluding carboxylic acids is 1. The molecule has 0 aliphatic carbocycles. The number of nitrogens with zero attached hydrogens (tertiary/aromatic N) is 2. The lowest BCUT2D eigenvalue weighted by molar-refractivity contribution is -0.116. The first-order valence-corrected chi connectivity index (χ1v) is 8.47. The van der Waals surface area contributed by atoms with E-state index in [-0.39, 0.29) is 5.91 Å². The van der Waals surface area contributed by atoms with Gasteiger partial charge in [0.15, 0.2) is 0 Å². The summed E-state index contributed by atoms with van der Waals surface area (Å²) in [7, 11) is 0. The highest BCUT2D eigenvalue weighted by atomic mass is 16.5. The van der Waals surface area contributed by atoms with Crippen molar-refractivity contribution in [3.8, 4) is 22.8 Å². The second-order valence-corrected chi connectivity index (χ2v) is 6.03. The molecule has 0 bridgehead atoms. The third-order valence-electron chi connectivity index (χ3n) is 3.85. The Hall–Kier alpha value is -2.95. The van der Waals surface area contributed by atoms with Gasteiger partial charge in [0.2, 0.25) is 11.7 Å². The summed E-state index contributed by atoms with van der Waals surface area (Å²) >= 11 is 0. The molecule has 0 saturated carbocycles. The van der Waals surface area contributed by atoms with Gasteiger partial charge in [-0.15, -0.1) is 0 Å². The fraction of sp³-hybridized carbons (Fsp3) is 0.250. The molecule has 1 N–H and O–H groups in total. The molecule has 3 aromatic rings. The number of aryl methyl sites for hydroxylation is 1. The number of hydrogen-bond donors (Lipinski definition) is 1. The predicted molar refractivity (Wildman–Crippen MR) is 98.1 cm³/mol. The third kappa shape index (κ3) is 4.32. The Morgan fingerprint density at radius 3 is 2.72 bits per heavy atom. The van der Waals surface area contributed by atoms with E-state index in [1.54, 1.807) is 0 Å². The van der Waals surface area contributed by atoms with E-state index in [2.05, 4.69) is 22.4 Å². The quantitative estimate of drug-likeness (QED) is 0.700. The molecule has 0 aliphatic rings. The van der Waals surface area contributed by atoms with E-state index in [9.17, 15) is 4.79 Å². The summed E-state index contributed by atoms with van der Waals surface area (Å²) in [6, 6.07) is 15.4. The van der Waals surface area contributed by atoms with E-state index in [4.69, 9.17) is 4.52 Å². The van der Waals surface area contributed by atoms with Crippen LogP contribution >= 0.6 is 0 Å². The molecule has 0 fully saturated rings. The SMILES string of the molecule is CCCCC(=O)Nc1cccc(-c2nc(-c3cccc(C)c3)no2)c1. The van der Waals surface area contributed by atoms with Crippen molar-refractivity contribution in [1.29, 1.82) is 0 Å². The van der Waals surface area contributed by atoms with Gasteiger partial charge >= 0.3 is 0 Å². The number of unbranched alkanes of at least 4 members (excludes halogenated alkanes) is 1. The van der Waals surface area contributed by atoms with Gasteiger partial charge in [0.25, 0.3) is 5.89 Å². The van der Waals surface area contributed by atoms with Crippen LogP contribution in [0.2, 0.25) is 0 Å². The molecule has 0 spiro atoms. The summed E-state index contributed by atoms with van der Waals surface area (Å²) in [4.78, 5) is 16.3. The Morgan fingerprint density at radius 1 is 1.12 bits per heavy atom. The summed E-state index contributed by atoms with van der Waals surface area (Å²) in [6.07, 6.45) is 2.41. The van der Waals surface area contributed by atoms with Gasteiger partial charge in [-0.25, -0.2) is 0 Å². The Kier molecular flexibility index (Phi) is 5.23. The minimum atomic E-state index is 0.0185. The largest absolute Gasteiger partial charge is 0.334 e. The van der Waals surface area contributed by atoms with Crippen LogP contribution in [0.3, 0.4) is 0 Å². The molecule has 0 atom stereocenters. The zero-order chi connectivity index (χ0) is 17.6. The van der Waals surface area contributed by atoms with Crippen molar-refractivity contribution in [1.82, 2.24) is 10.1 Å². The minimum absolute atomic E-state index is 0.0185. The van der Waals surface area contributed by atoms with Crippen molar-refractivity contribution in [2.75, 3.05) is 5.32 Å². The number of anilines is 1. The summed E-state index contributed by atoms with van der Waals surface area (Å²) in [5.41, 5.74) is 3.56. The van der Waals surface area contributed by atoms with Crippen molar-refractivity contribution < 1.29 is 9.32 Å². The molecule has 25 heavy (non-hydrogen) atoms. The van der Waals surface area contributed by atoms with Gasteiger partial charge < -0.3 is 9.84 Å². The number of hydrogen-bond acceptors (Lipinski definition) is 4. The topological polar surface area (TPSA) is 68.0 Å². The first-order valence-electron chi connectivity index (χ1n) is 8.47. The molecule has 3 rings (SSSR count). The molecule has 0 radical (unpaired) electrons. The molecular formula is C20H21N3O2. The van der Waals surface area contributed by atoms with Crippen LogP contribution in [-0.2, 0) is 4.79 Å². The lowest BCUT2D eigenvalue weighted by Crippen LogP contribution is -2.10. The van der Waals surface area contributed by atoms with E-state index in [1.807, 2.05) is 55.5 Å². The second-order valence-electron chi connectivity index (χ2n) is 6.03. The normalized spacial score (nSPS) is 10.6. The van der Waals surface area contributed by atoms with E-state index >= 15 is 0 Å². The smallest absolute Gasteiger partial charge is 0.258 e. The fourth-order valence-electron chi connectivity index (χ4n) is 2.53. The van der Waals surface area contributed by atoms with Crippen LogP contribution in [0.1, 0.15) is 31.7 Å². The monoisotopic (exact) mass is 335 g/mol. The minimum Gasteiger partial charge on any atom is -0.334 e. The molecule has 0 aliphatic heterocycles. The zero-order valence-electron chi connectivity index (χ0n) is 14.5. The van der Waals surface area contributed by atoms with Crippen molar-refractivity contribution in [3.63, 3.8) is 0 Å². The van der Waals surface area contributed by atoms with E-state index in [1.165, 1.54) is 0 Å². The van der Waals surface area contributed by atoms with Crippen LogP contribution in [0.4, 0.5) is 5.69 Å². The lowest BCUT2D eigenvalue weighted by Gasteiger charge is -2.05. The van der Waals surface area contributed by atoms with Crippen molar-refractivity contribution in [3.05, 3.63) is 54.1 Å². The number of nitrogens with one attached hydrogen (secondary N) is 1. The van der Waals surface area contributed by atoms with E-state index in [0.717, 1.165) is 35.2 Å². The van der Waals surface area contributed by atoms with Gasteiger partial charge in [0.05, 0.1) is 0 Å². The van der Waals surface area contributed by atoms with E-state index < -0.39 is 0 Å². The highest BCUT2D eigenvalue weighted by Gasteiger charge is 2.11. The summed E-state index contributed by atoms with van der Waals surface area (Å²) in [6.45, 7) is 4.09. The number of aromatic nitrogens is 2. The van der Waals surface area contributed by atoms with Crippen LogP contribution in [0, 0.1) is 6.92 Å². The van der Waals surface area contributed by atoms with Gasteiger partial charge in [-0.1, -0.05) is 48.3 Å². The van der Waals surface area contributed by atoms with Crippen molar-refractivity contribution >= 4 is 11.6 Å². The Morgan fingerprint density at radius 2 is 1.92 bits per heavy atom. The molecule has 5 heteroatoms. The summed E-state index contributed by atoms with van der Waals surface area (Å²) in [5.74, 6) is 1.00. The highest BCUT2D eigenvalue weighted by molar-refractivity contribution is 5.91. The maximum Gasteiger partial charge on any atom is 0.258 e. The molecule has 128 valence electrons. The second kappa shape index (κ2) is 7.75. The van der Waals surface area contributed by atoms with Gasteiger partial charge in [-0.05, 0) is 37.6 Å². The maximum absolute atomic E-state index is 11.9. The number of rotatable bonds is 6. The zero-order valence-corrected chi connectivity index (χ0v) is 14.5. The first-order chi connectivity index (χ1) is 12.2. The van der Waals surface area contributed by atoms with Gasteiger partial charge in [-0.2, -0.15) is 4.98 Å². The molecule has 0 saturated heterocycles. The summed E-state index contributed by atoms with van der Waals surface area (Å²) < 4.78 is 5.40. The molecule has 2 aromatic carbocycles. The molecule has 0 unspecified atom stereocenters. The summed E-state index contributed by atoms with van der Waals surface area (Å²) in [5, 5.41) is 6.97. The molecule has 1 aromatic heterocycles. The average molecular weight is 335 g/mol. The van der Waals surface area contributed by atoms with Crippen LogP contribution < -0.4 is 5.32 Å².